The molecular weight excluding hydrogens is 775 g/mol. The van der Waals surface area contributed by atoms with E-state index in [1.165, 1.54) is 44.2 Å². The summed E-state index contributed by atoms with van der Waals surface area (Å²) in [7, 11) is 0. The van der Waals surface area contributed by atoms with Crippen LogP contribution in [0.25, 0.3) is 106 Å². The fourth-order valence-electron chi connectivity index (χ4n) is 9.97. The lowest BCUT2D eigenvalue weighted by Gasteiger charge is -2.22. The second-order valence-corrected chi connectivity index (χ2v) is 17.4. The lowest BCUT2D eigenvalue weighted by Crippen LogP contribution is -2.14. The van der Waals surface area contributed by atoms with Gasteiger partial charge in [0.15, 0.2) is 5.82 Å². The zero-order valence-corrected chi connectivity index (χ0v) is 35.7. The van der Waals surface area contributed by atoms with Gasteiger partial charge in [0.1, 0.15) is 0 Å². The zero-order chi connectivity index (χ0) is 42.8. The third kappa shape index (κ3) is 6.36. The Labute approximate surface area is 373 Å². The number of fused-ring (bicyclic) bond motifs is 6. The first-order valence-corrected chi connectivity index (χ1v) is 22.1. The molecule has 0 saturated heterocycles. The highest BCUT2D eigenvalue weighted by Gasteiger charge is 2.35. The van der Waals surface area contributed by atoms with Crippen molar-refractivity contribution in [1.29, 1.82) is 0 Å². The second-order valence-electron chi connectivity index (χ2n) is 17.4. The Morgan fingerprint density at radius 2 is 0.781 bits per heavy atom. The van der Waals surface area contributed by atoms with Crippen LogP contribution in [-0.2, 0) is 5.41 Å². The summed E-state index contributed by atoms with van der Waals surface area (Å²) in [4.78, 5) is 10.9. The van der Waals surface area contributed by atoms with Crippen molar-refractivity contribution < 1.29 is 0 Å². The number of hydrogen-bond donors (Lipinski definition) is 0. The van der Waals surface area contributed by atoms with Crippen LogP contribution >= 0.6 is 0 Å². The van der Waals surface area contributed by atoms with E-state index >= 15 is 0 Å². The summed E-state index contributed by atoms with van der Waals surface area (Å²) in [6.07, 6.45) is 0. The first-order chi connectivity index (χ1) is 31.5. The molecule has 1 aliphatic carbocycles. The van der Waals surface area contributed by atoms with E-state index in [2.05, 4.69) is 243 Å². The van der Waals surface area contributed by atoms with Crippen molar-refractivity contribution in [3.63, 3.8) is 0 Å². The van der Waals surface area contributed by atoms with E-state index in [9.17, 15) is 0 Å². The summed E-state index contributed by atoms with van der Waals surface area (Å²) >= 11 is 0. The van der Waals surface area contributed by atoms with E-state index in [4.69, 9.17) is 9.97 Å². The molecule has 1 aliphatic rings. The molecule has 0 radical (unpaired) electrons. The molecule has 2 aromatic heterocycles. The van der Waals surface area contributed by atoms with Gasteiger partial charge in [-0.15, -0.1) is 0 Å². The largest absolute Gasteiger partial charge is 0.309 e. The number of rotatable bonds is 7. The van der Waals surface area contributed by atoms with Crippen LogP contribution in [-0.4, -0.2) is 14.5 Å². The summed E-state index contributed by atoms with van der Waals surface area (Å²) in [6.45, 7) is 4.67. The maximum atomic E-state index is 5.51. The highest BCUT2D eigenvalue weighted by Crippen LogP contribution is 2.49. The minimum absolute atomic E-state index is 0.140. The number of para-hydroxylation sites is 2. The lowest BCUT2D eigenvalue weighted by molar-refractivity contribution is 0.660. The van der Waals surface area contributed by atoms with Crippen LogP contribution in [0.2, 0.25) is 0 Å². The number of benzene rings is 9. The molecule has 11 aromatic rings. The van der Waals surface area contributed by atoms with Crippen molar-refractivity contribution in [2.75, 3.05) is 0 Å². The summed E-state index contributed by atoms with van der Waals surface area (Å²) in [5, 5.41) is 2.43. The van der Waals surface area contributed by atoms with E-state index in [-0.39, 0.29) is 5.41 Å². The van der Waals surface area contributed by atoms with E-state index < -0.39 is 0 Å². The number of aromatic nitrogens is 3. The van der Waals surface area contributed by atoms with Gasteiger partial charge in [0, 0.05) is 38.6 Å². The maximum Gasteiger partial charge on any atom is 0.160 e. The fourth-order valence-corrected chi connectivity index (χ4v) is 9.97. The molecule has 0 N–H and O–H groups in total. The molecule has 0 spiro atoms. The van der Waals surface area contributed by atoms with E-state index in [1.807, 2.05) is 0 Å². The average molecular weight is 818 g/mol. The van der Waals surface area contributed by atoms with Gasteiger partial charge < -0.3 is 4.57 Å². The standard InChI is InChI=1S/C61H43N3/c1-61(2)54-27-15-12-24-50(54)51-31-30-43(38-55(51)61)57-39-56(42-22-10-5-11-23-42)62-60(63-57)48-35-47(36-49(37-48)64-58-28-16-13-25-52(58)53-26-14-17-29-59(53)64)46-33-44(40-18-6-3-7-19-40)32-45(34-46)41-20-8-4-9-21-41/h3-39H,1-2H3. The minimum Gasteiger partial charge on any atom is -0.309 e. The first-order valence-electron chi connectivity index (χ1n) is 22.1. The summed E-state index contributed by atoms with van der Waals surface area (Å²) in [5.41, 5.74) is 20.2. The molecular formula is C61H43N3. The second kappa shape index (κ2) is 15.0. The smallest absolute Gasteiger partial charge is 0.160 e. The van der Waals surface area contributed by atoms with E-state index in [0.29, 0.717) is 5.82 Å². The van der Waals surface area contributed by atoms with Crippen LogP contribution in [0.1, 0.15) is 25.0 Å². The zero-order valence-electron chi connectivity index (χ0n) is 35.7. The fraction of sp³-hybridized carbons (Fsp3) is 0.0492. The van der Waals surface area contributed by atoms with Gasteiger partial charge >= 0.3 is 0 Å². The first kappa shape index (κ1) is 37.6. The Balaban J connectivity index is 1.12. The molecule has 3 nitrogen and oxygen atoms in total. The predicted molar refractivity (Wildman–Crippen MR) is 267 cm³/mol. The molecule has 0 fully saturated rings. The number of nitrogens with zero attached hydrogens (tertiary/aromatic N) is 3. The molecule has 0 unspecified atom stereocenters. The molecule has 64 heavy (non-hydrogen) atoms. The molecule has 2 heterocycles. The molecule has 0 bridgehead atoms. The summed E-state index contributed by atoms with van der Waals surface area (Å²) in [5.74, 6) is 0.672. The van der Waals surface area contributed by atoms with Crippen LogP contribution in [0, 0.1) is 0 Å². The Kier molecular flexibility index (Phi) is 8.84. The number of hydrogen-bond acceptors (Lipinski definition) is 2. The Hall–Kier alpha value is -8.14. The van der Waals surface area contributed by atoms with E-state index in [0.717, 1.165) is 67.1 Å². The molecule has 0 saturated carbocycles. The van der Waals surface area contributed by atoms with Gasteiger partial charge in [-0.05, 0) is 116 Å². The molecule has 0 amide bonds. The predicted octanol–water partition coefficient (Wildman–Crippen LogP) is 15.9. The average Bonchev–Trinajstić information content (AvgIpc) is 3.82. The minimum atomic E-state index is -0.140. The molecule has 9 aromatic carbocycles. The quantitative estimate of drug-likeness (QED) is 0.160. The third-order valence-corrected chi connectivity index (χ3v) is 13.2. The maximum absolute atomic E-state index is 5.51. The van der Waals surface area contributed by atoms with Crippen molar-refractivity contribution in [1.82, 2.24) is 14.5 Å². The van der Waals surface area contributed by atoms with Crippen LogP contribution in [0.15, 0.2) is 224 Å². The van der Waals surface area contributed by atoms with Crippen LogP contribution in [0.5, 0.6) is 0 Å². The Bertz CT molecular complexity index is 3450. The Morgan fingerprint density at radius 1 is 0.328 bits per heavy atom. The van der Waals surface area contributed by atoms with E-state index in [1.54, 1.807) is 0 Å². The van der Waals surface area contributed by atoms with Crippen LogP contribution in [0.3, 0.4) is 0 Å². The topological polar surface area (TPSA) is 30.7 Å². The monoisotopic (exact) mass is 817 g/mol. The van der Waals surface area contributed by atoms with Gasteiger partial charge in [0.25, 0.3) is 0 Å². The molecule has 302 valence electrons. The third-order valence-electron chi connectivity index (χ3n) is 13.2. The van der Waals surface area contributed by atoms with Crippen LogP contribution in [0.4, 0.5) is 0 Å². The van der Waals surface area contributed by atoms with Gasteiger partial charge in [0.05, 0.1) is 22.4 Å². The highest BCUT2D eigenvalue weighted by atomic mass is 15.0. The van der Waals surface area contributed by atoms with Gasteiger partial charge in [-0.1, -0.05) is 178 Å². The van der Waals surface area contributed by atoms with Crippen molar-refractivity contribution >= 4 is 21.8 Å². The van der Waals surface area contributed by atoms with Gasteiger partial charge in [-0.3, -0.25) is 0 Å². The normalized spacial score (nSPS) is 12.7. The molecule has 3 heteroatoms. The van der Waals surface area contributed by atoms with Gasteiger partial charge in [-0.2, -0.15) is 0 Å². The lowest BCUT2D eigenvalue weighted by atomic mass is 9.82. The van der Waals surface area contributed by atoms with Crippen molar-refractivity contribution in [2.24, 2.45) is 0 Å². The SMILES string of the molecule is CC1(C)c2ccccc2-c2ccc(-c3cc(-c4ccccc4)nc(-c4cc(-c5cc(-c6ccccc6)cc(-c6ccccc6)c5)cc(-n5c6ccccc6c6ccccc65)c4)n3)cc21. The van der Waals surface area contributed by atoms with Crippen molar-refractivity contribution in [3.8, 4) is 84.1 Å². The highest BCUT2D eigenvalue weighted by molar-refractivity contribution is 6.09. The van der Waals surface area contributed by atoms with Crippen molar-refractivity contribution in [3.05, 3.63) is 236 Å². The molecule has 0 atom stereocenters. The van der Waals surface area contributed by atoms with Gasteiger partial charge in [0.2, 0.25) is 0 Å². The van der Waals surface area contributed by atoms with Crippen molar-refractivity contribution in [2.45, 2.75) is 19.3 Å². The molecule has 12 rings (SSSR count). The Morgan fingerprint density at radius 3 is 1.41 bits per heavy atom. The summed E-state index contributed by atoms with van der Waals surface area (Å²) < 4.78 is 2.40. The van der Waals surface area contributed by atoms with Crippen LogP contribution < -0.4 is 0 Å². The molecule has 0 aliphatic heterocycles. The summed E-state index contributed by atoms with van der Waals surface area (Å²) in [6, 6.07) is 81.0. The van der Waals surface area contributed by atoms with Gasteiger partial charge in [-0.25, -0.2) is 9.97 Å².